The van der Waals surface area contributed by atoms with Gasteiger partial charge in [0.25, 0.3) is 0 Å². The molecule has 0 fully saturated rings. The standard InChI is InChI=1S/C20H15Cl2NO3/c21-12-4-1-3-10(20(12)22)18-11-7-16-17(26-9-25-16)8-14(11)23-13-5-2-6-15(24)19(13)18/h1,3-4,7-8,18,23H,2,5-6,9H2. The number of anilines is 1. The molecule has 0 bridgehead atoms. The Bertz CT molecular complexity index is 983. The van der Waals surface area contributed by atoms with Gasteiger partial charge in [-0.3, -0.25) is 4.79 Å². The molecule has 26 heavy (non-hydrogen) atoms. The van der Waals surface area contributed by atoms with Crippen LogP contribution in [-0.2, 0) is 4.79 Å². The van der Waals surface area contributed by atoms with E-state index in [4.69, 9.17) is 32.7 Å². The lowest BCUT2D eigenvalue weighted by atomic mass is 9.75. The van der Waals surface area contributed by atoms with Gasteiger partial charge in [0.2, 0.25) is 6.79 Å². The Balaban J connectivity index is 1.78. The van der Waals surface area contributed by atoms with Crippen molar-refractivity contribution in [2.75, 3.05) is 12.1 Å². The second-order valence-electron chi connectivity index (χ2n) is 6.66. The molecular formula is C20H15Cl2NO3. The van der Waals surface area contributed by atoms with Crippen LogP contribution in [0.3, 0.4) is 0 Å². The first kappa shape index (κ1) is 16.0. The van der Waals surface area contributed by atoms with Gasteiger partial charge >= 0.3 is 0 Å². The van der Waals surface area contributed by atoms with E-state index in [2.05, 4.69) is 5.32 Å². The Hall–Kier alpha value is -2.17. The predicted octanol–water partition coefficient (Wildman–Crippen LogP) is 5.29. The Morgan fingerprint density at radius 3 is 2.69 bits per heavy atom. The lowest BCUT2D eigenvalue weighted by Crippen LogP contribution is -2.27. The molecule has 2 heterocycles. The summed E-state index contributed by atoms with van der Waals surface area (Å²) in [5.74, 6) is 1.28. The Labute approximate surface area is 160 Å². The Kier molecular flexibility index (Phi) is 3.66. The van der Waals surface area contributed by atoms with E-state index in [-0.39, 0.29) is 18.5 Å². The van der Waals surface area contributed by atoms with Crippen LogP contribution in [0.1, 0.15) is 36.3 Å². The highest BCUT2D eigenvalue weighted by Gasteiger charge is 2.37. The molecule has 0 amide bonds. The molecule has 1 unspecified atom stereocenters. The van der Waals surface area contributed by atoms with Gasteiger partial charge in [-0.2, -0.15) is 0 Å². The molecule has 132 valence electrons. The number of hydrogen-bond donors (Lipinski definition) is 1. The van der Waals surface area contributed by atoms with Crippen LogP contribution in [0.15, 0.2) is 41.6 Å². The van der Waals surface area contributed by atoms with Crippen molar-refractivity contribution in [1.29, 1.82) is 0 Å². The fraction of sp³-hybridized carbons (Fsp3) is 0.250. The van der Waals surface area contributed by atoms with E-state index in [0.29, 0.717) is 28.0 Å². The molecule has 5 rings (SSSR count). The molecule has 0 radical (unpaired) electrons. The average molecular weight is 388 g/mol. The van der Waals surface area contributed by atoms with Gasteiger partial charge in [0.05, 0.1) is 10.0 Å². The van der Waals surface area contributed by atoms with Crippen LogP contribution in [0.2, 0.25) is 10.0 Å². The molecule has 3 aliphatic rings. The highest BCUT2D eigenvalue weighted by Crippen LogP contribution is 2.51. The first-order valence-electron chi connectivity index (χ1n) is 8.54. The van der Waals surface area contributed by atoms with Crippen molar-refractivity contribution in [3.8, 4) is 11.5 Å². The number of benzene rings is 2. The van der Waals surface area contributed by atoms with Crippen LogP contribution < -0.4 is 14.8 Å². The van der Waals surface area contributed by atoms with Gasteiger partial charge in [0.1, 0.15) is 0 Å². The summed E-state index contributed by atoms with van der Waals surface area (Å²) < 4.78 is 11.1. The summed E-state index contributed by atoms with van der Waals surface area (Å²) in [4.78, 5) is 12.8. The molecular weight excluding hydrogens is 373 g/mol. The summed E-state index contributed by atoms with van der Waals surface area (Å²) in [6.07, 6.45) is 2.24. The molecule has 2 aliphatic heterocycles. The first-order valence-corrected chi connectivity index (χ1v) is 9.30. The predicted molar refractivity (Wildman–Crippen MR) is 100 cm³/mol. The maximum Gasteiger partial charge on any atom is 0.231 e. The molecule has 1 N–H and O–H groups in total. The smallest absolute Gasteiger partial charge is 0.231 e. The summed E-state index contributed by atoms with van der Waals surface area (Å²) >= 11 is 12.8. The third-order valence-electron chi connectivity index (χ3n) is 5.18. The monoisotopic (exact) mass is 387 g/mol. The molecule has 2 aromatic rings. The van der Waals surface area contributed by atoms with Crippen molar-refractivity contribution in [2.24, 2.45) is 0 Å². The van der Waals surface area contributed by atoms with Gasteiger partial charge in [-0.1, -0.05) is 35.3 Å². The number of ether oxygens (including phenoxy) is 2. The Morgan fingerprint density at radius 1 is 1.04 bits per heavy atom. The van der Waals surface area contributed by atoms with Gasteiger partial charge in [-0.25, -0.2) is 0 Å². The number of hydrogen-bond acceptors (Lipinski definition) is 4. The van der Waals surface area contributed by atoms with Crippen molar-refractivity contribution < 1.29 is 14.3 Å². The average Bonchev–Trinajstić information content (AvgIpc) is 3.08. The van der Waals surface area contributed by atoms with Gasteiger partial charge in [-0.05, 0) is 36.1 Å². The summed E-state index contributed by atoms with van der Waals surface area (Å²) in [7, 11) is 0. The maximum absolute atomic E-state index is 12.8. The molecule has 0 aromatic heterocycles. The molecule has 1 aliphatic carbocycles. The SMILES string of the molecule is O=C1CCCC2=C1C(c1cccc(Cl)c1Cl)c1cc3c(cc1N2)OCO3. The highest BCUT2D eigenvalue weighted by atomic mass is 35.5. The minimum Gasteiger partial charge on any atom is -0.454 e. The van der Waals surface area contributed by atoms with Crippen molar-refractivity contribution in [3.63, 3.8) is 0 Å². The van der Waals surface area contributed by atoms with E-state index in [1.165, 1.54) is 0 Å². The third-order valence-corrected chi connectivity index (χ3v) is 6.01. The van der Waals surface area contributed by atoms with Crippen molar-refractivity contribution in [1.82, 2.24) is 0 Å². The van der Waals surface area contributed by atoms with Crippen LogP contribution in [0.4, 0.5) is 5.69 Å². The molecule has 2 aromatic carbocycles. The maximum atomic E-state index is 12.8. The van der Waals surface area contributed by atoms with Crippen LogP contribution in [-0.4, -0.2) is 12.6 Å². The number of ketones is 1. The van der Waals surface area contributed by atoms with Gasteiger partial charge < -0.3 is 14.8 Å². The van der Waals surface area contributed by atoms with E-state index in [9.17, 15) is 4.79 Å². The quantitative estimate of drug-likeness (QED) is 0.722. The van der Waals surface area contributed by atoms with E-state index in [0.717, 1.165) is 40.9 Å². The summed E-state index contributed by atoms with van der Waals surface area (Å²) in [5, 5.41) is 4.40. The molecule has 0 saturated heterocycles. The number of Topliss-reactive ketones (excluding diaryl/α,β-unsaturated/α-hetero) is 1. The fourth-order valence-corrected chi connectivity index (χ4v) is 4.43. The van der Waals surface area contributed by atoms with Gasteiger partial charge in [0, 0.05) is 35.4 Å². The lowest BCUT2D eigenvalue weighted by Gasteiger charge is -2.34. The first-order chi connectivity index (χ1) is 12.6. The summed E-state index contributed by atoms with van der Waals surface area (Å²) in [5.41, 5.74) is 4.46. The number of rotatable bonds is 1. The second-order valence-corrected chi connectivity index (χ2v) is 7.45. The normalized spacial score (nSPS) is 20.5. The molecule has 0 spiro atoms. The van der Waals surface area contributed by atoms with E-state index in [1.807, 2.05) is 24.3 Å². The molecule has 6 heteroatoms. The van der Waals surface area contributed by atoms with Crippen LogP contribution in [0.5, 0.6) is 11.5 Å². The zero-order valence-electron chi connectivity index (χ0n) is 13.8. The van der Waals surface area contributed by atoms with E-state index in [1.54, 1.807) is 6.07 Å². The van der Waals surface area contributed by atoms with Crippen LogP contribution >= 0.6 is 23.2 Å². The van der Waals surface area contributed by atoms with Crippen molar-refractivity contribution >= 4 is 34.7 Å². The number of allylic oxidation sites excluding steroid dienone is 2. The summed E-state index contributed by atoms with van der Waals surface area (Å²) in [6.45, 7) is 0.201. The zero-order chi connectivity index (χ0) is 17.8. The number of carbonyl (C=O) groups excluding carboxylic acids is 1. The fourth-order valence-electron chi connectivity index (χ4n) is 4.02. The topological polar surface area (TPSA) is 47.6 Å². The zero-order valence-corrected chi connectivity index (χ0v) is 15.3. The molecule has 0 saturated carbocycles. The van der Waals surface area contributed by atoms with Crippen LogP contribution in [0, 0.1) is 0 Å². The minimum atomic E-state index is -0.269. The third kappa shape index (κ3) is 2.32. The van der Waals surface area contributed by atoms with E-state index < -0.39 is 0 Å². The second kappa shape index (κ2) is 5.93. The van der Waals surface area contributed by atoms with Crippen molar-refractivity contribution in [3.05, 3.63) is 62.8 Å². The number of fused-ring (bicyclic) bond motifs is 2. The molecule has 4 nitrogen and oxygen atoms in total. The minimum absolute atomic E-state index is 0.156. The lowest BCUT2D eigenvalue weighted by molar-refractivity contribution is -0.116. The number of nitrogens with one attached hydrogen (secondary N) is 1. The largest absolute Gasteiger partial charge is 0.454 e. The number of carbonyl (C=O) groups is 1. The number of halogens is 2. The highest BCUT2D eigenvalue weighted by molar-refractivity contribution is 6.42. The van der Waals surface area contributed by atoms with Gasteiger partial charge in [0.15, 0.2) is 17.3 Å². The van der Waals surface area contributed by atoms with Crippen molar-refractivity contribution in [2.45, 2.75) is 25.2 Å². The molecule has 1 atom stereocenters. The van der Waals surface area contributed by atoms with Gasteiger partial charge in [-0.15, -0.1) is 0 Å². The summed E-state index contributed by atoms with van der Waals surface area (Å²) in [6, 6.07) is 9.44. The van der Waals surface area contributed by atoms with E-state index >= 15 is 0 Å². The van der Waals surface area contributed by atoms with Crippen LogP contribution in [0.25, 0.3) is 0 Å². The Morgan fingerprint density at radius 2 is 1.85 bits per heavy atom.